The molecule has 0 aromatic carbocycles. The molecule has 3 heteroatoms. The van der Waals surface area contributed by atoms with E-state index in [2.05, 4.69) is 31.0 Å². The summed E-state index contributed by atoms with van der Waals surface area (Å²) < 4.78 is 5.55. The van der Waals surface area contributed by atoms with Crippen LogP contribution in [0.1, 0.15) is 46.5 Å². The first-order valence-corrected chi connectivity index (χ1v) is 7.62. The van der Waals surface area contributed by atoms with Gasteiger partial charge in [-0.05, 0) is 44.8 Å². The van der Waals surface area contributed by atoms with Gasteiger partial charge < -0.3 is 15.0 Å². The van der Waals surface area contributed by atoms with Crippen molar-refractivity contribution in [2.45, 2.75) is 58.6 Å². The van der Waals surface area contributed by atoms with Gasteiger partial charge >= 0.3 is 0 Å². The van der Waals surface area contributed by atoms with E-state index in [9.17, 15) is 0 Å². The monoisotopic (exact) mass is 256 g/mol. The van der Waals surface area contributed by atoms with Crippen molar-refractivity contribution in [1.82, 2.24) is 10.2 Å². The van der Waals surface area contributed by atoms with Gasteiger partial charge in [0.1, 0.15) is 0 Å². The molecule has 1 aliphatic heterocycles. The molecule has 2 atom stereocenters. The van der Waals surface area contributed by atoms with Crippen molar-refractivity contribution in [2.75, 3.05) is 33.3 Å². The quantitative estimate of drug-likeness (QED) is 0.675. The molecule has 1 N–H and O–H groups in total. The van der Waals surface area contributed by atoms with E-state index in [0.717, 1.165) is 19.0 Å². The number of likely N-dealkylation sites (tertiary alicyclic amines) is 1. The van der Waals surface area contributed by atoms with Crippen LogP contribution in [0.25, 0.3) is 0 Å². The minimum Gasteiger partial charge on any atom is -0.380 e. The Morgan fingerprint density at radius 3 is 2.72 bits per heavy atom. The molecule has 1 fully saturated rings. The molecule has 0 aromatic rings. The minimum absolute atomic E-state index is 0.446. The number of ether oxygens (including phenoxy) is 1. The van der Waals surface area contributed by atoms with E-state index in [1.165, 1.54) is 38.8 Å². The van der Waals surface area contributed by atoms with E-state index in [0.29, 0.717) is 12.1 Å². The van der Waals surface area contributed by atoms with Crippen LogP contribution in [-0.4, -0.2) is 50.3 Å². The standard InChI is InChI=1S/C15H32N2O/c1-13(2)16-9-6-5-7-10-17-11-8-14(3)15(12-17)18-4/h13-16H,5-12H2,1-4H3. The average molecular weight is 256 g/mol. The van der Waals surface area contributed by atoms with Crippen LogP contribution in [0.4, 0.5) is 0 Å². The summed E-state index contributed by atoms with van der Waals surface area (Å²) in [6.45, 7) is 11.5. The van der Waals surface area contributed by atoms with E-state index >= 15 is 0 Å². The Morgan fingerprint density at radius 2 is 2.06 bits per heavy atom. The van der Waals surface area contributed by atoms with Gasteiger partial charge in [-0.3, -0.25) is 0 Å². The number of methoxy groups -OCH3 is 1. The van der Waals surface area contributed by atoms with Crippen molar-refractivity contribution >= 4 is 0 Å². The van der Waals surface area contributed by atoms with Gasteiger partial charge in [0.15, 0.2) is 0 Å². The highest BCUT2D eigenvalue weighted by Crippen LogP contribution is 2.19. The van der Waals surface area contributed by atoms with E-state index in [1.54, 1.807) is 0 Å². The molecule has 0 spiro atoms. The summed E-state index contributed by atoms with van der Waals surface area (Å²) >= 11 is 0. The van der Waals surface area contributed by atoms with Crippen molar-refractivity contribution in [3.05, 3.63) is 0 Å². The summed E-state index contributed by atoms with van der Waals surface area (Å²) in [5.74, 6) is 0.724. The third kappa shape index (κ3) is 6.17. The third-order valence-electron chi connectivity index (χ3n) is 3.98. The second-order valence-electron chi connectivity index (χ2n) is 6.01. The molecule has 3 nitrogen and oxygen atoms in total. The van der Waals surface area contributed by atoms with Crippen LogP contribution >= 0.6 is 0 Å². The molecule has 0 amide bonds. The summed E-state index contributed by atoms with van der Waals surface area (Å²) in [5.41, 5.74) is 0. The first kappa shape index (κ1) is 15.9. The highest BCUT2D eigenvalue weighted by Gasteiger charge is 2.25. The first-order chi connectivity index (χ1) is 8.63. The maximum Gasteiger partial charge on any atom is 0.0724 e. The predicted molar refractivity (Wildman–Crippen MR) is 78.0 cm³/mol. The van der Waals surface area contributed by atoms with Crippen molar-refractivity contribution in [3.63, 3.8) is 0 Å². The fourth-order valence-corrected chi connectivity index (χ4v) is 2.64. The fourth-order valence-electron chi connectivity index (χ4n) is 2.64. The lowest BCUT2D eigenvalue weighted by Gasteiger charge is -2.36. The number of piperidine rings is 1. The number of nitrogens with zero attached hydrogens (tertiary/aromatic N) is 1. The van der Waals surface area contributed by atoms with Crippen LogP contribution in [0.5, 0.6) is 0 Å². The summed E-state index contributed by atoms with van der Waals surface area (Å²) in [6, 6.07) is 0.621. The van der Waals surface area contributed by atoms with Gasteiger partial charge in [-0.15, -0.1) is 0 Å². The summed E-state index contributed by atoms with van der Waals surface area (Å²) in [5, 5.41) is 3.47. The van der Waals surface area contributed by atoms with Crippen LogP contribution < -0.4 is 5.32 Å². The SMILES string of the molecule is COC1CN(CCCCCNC(C)C)CCC1C. The molecule has 2 unspecified atom stereocenters. The fraction of sp³-hybridized carbons (Fsp3) is 1.00. The first-order valence-electron chi connectivity index (χ1n) is 7.62. The zero-order valence-corrected chi connectivity index (χ0v) is 12.7. The number of hydrogen-bond donors (Lipinski definition) is 1. The van der Waals surface area contributed by atoms with E-state index < -0.39 is 0 Å². The molecule has 1 heterocycles. The van der Waals surface area contributed by atoms with Crippen molar-refractivity contribution in [2.24, 2.45) is 5.92 Å². The number of nitrogens with one attached hydrogen (secondary N) is 1. The third-order valence-corrected chi connectivity index (χ3v) is 3.98. The topological polar surface area (TPSA) is 24.5 Å². The second-order valence-corrected chi connectivity index (χ2v) is 6.01. The predicted octanol–water partition coefficient (Wildman–Crippen LogP) is 2.51. The molecular formula is C15H32N2O. The molecule has 0 bridgehead atoms. The normalized spacial score (nSPS) is 25.8. The summed E-state index contributed by atoms with van der Waals surface area (Å²) in [7, 11) is 1.85. The Kier molecular flexibility index (Phi) is 7.87. The van der Waals surface area contributed by atoms with Crippen molar-refractivity contribution < 1.29 is 4.74 Å². The van der Waals surface area contributed by atoms with Gasteiger partial charge in [-0.25, -0.2) is 0 Å². The Labute approximate surface area is 113 Å². The lowest BCUT2D eigenvalue weighted by atomic mass is 9.95. The lowest BCUT2D eigenvalue weighted by Crippen LogP contribution is -2.44. The lowest BCUT2D eigenvalue weighted by molar-refractivity contribution is -0.00525. The van der Waals surface area contributed by atoms with Gasteiger partial charge in [0.2, 0.25) is 0 Å². The van der Waals surface area contributed by atoms with Crippen molar-refractivity contribution in [1.29, 1.82) is 0 Å². The highest BCUT2D eigenvalue weighted by molar-refractivity contribution is 4.78. The smallest absolute Gasteiger partial charge is 0.0724 e. The summed E-state index contributed by atoms with van der Waals surface area (Å²) in [4.78, 5) is 2.57. The Balaban J connectivity index is 2.02. The Hall–Kier alpha value is -0.120. The van der Waals surface area contributed by atoms with Gasteiger partial charge in [0.25, 0.3) is 0 Å². The molecular weight excluding hydrogens is 224 g/mol. The number of hydrogen-bond acceptors (Lipinski definition) is 3. The maximum absolute atomic E-state index is 5.55. The maximum atomic E-state index is 5.55. The van der Waals surface area contributed by atoms with Crippen LogP contribution in [-0.2, 0) is 4.74 Å². The zero-order chi connectivity index (χ0) is 13.4. The molecule has 108 valence electrons. The molecule has 1 saturated heterocycles. The summed E-state index contributed by atoms with van der Waals surface area (Å²) in [6.07, 6.45) is 5.69. The zero-order valence-electron chi connectivity index (χ0n) is 12.7. The van der Waals surface area contributed by atoms with Gasteiger partial charge in [0.05, 0.1) is 6.10 Å². The molecule has 0 aromatic heterocycles. The molecule has 1 rings (SSSR count). The van der Waals surface area contributed by atoms with Gasteiger partial charge in [-0.2, -0.15) is 0 Å². The largest absolute Gasteiger partial charge is 0.380 e. The van der Waals surface area contributed by atoms with E-state index in [-0.39, 0.29) is 0 Å². The molecule has 0 saturated carbocycles. The number of unbranched alkanes of at least 4 members (excludes halogenated alkanes) is 2. The van der Waals surface area contributed by atoms with Gasteiger partial charge in [-0.1, -0.05) is 27.2 Å². The molecule has 0 aliphatic carbocycles. The van der Waals surface area contributed by atoms with Crippen LogP contribution in [0.3, 0.4) is 0 Å². The minimum atomic E-state index is 0.446. The average Bonchev–Trinajstić information content (AvgIpc) is 2.35. The van der Waals surface area contributed by atoms with Crippen LogP contribution in [0, 0.1) is 5.92 Å². The second kappa shape index (κ2) is 8.89. The van der Waals surface area contributed by atoms with E-state index in [1.807, 2.05) is 7.11 Å². The number of rotatable bonds is 8. The van der Waals surface area contributed by atoms with Crippen molar-refractivity contribution in [3.8, 4) is 0 Å². The Bertz CT molecular complexity index is 209. The van der Waals surface area contributed by atoms with E-state index in [4.69, 9.17) is 4.74 Å². The van der Waals surface area contributed by atoms with Crippen LogP contribution in [0.2, 0.25) is 0 Å². The van der Waals surface area contributed by atoms with Crippen LogP contribution in [0.15, 0.2) is 0 Å². The Morgan fingerprint density at radius 1 is 1.28 bits per heavy atom. The molecule has 1 aliphatic rings. The highest BCUT2D eigenvalue weighted by atomic mass is 16.5. The molecule has 18 heavy (non-hydrogen) atoms. The molecule has 0 radical (unpaired) electrons. The van der Waals surface area contributed by atoms with Gasteiger partial charge in [0, 0.05) is 19.7 Å².